The van der Waals surface area contributed by atoms with Crippen LogP contribution in [0.1, 0.15) is 42.6 Å². The molecule has 1 N–H and O–H groups in total. The Bertz CT molecular complexity index is 500. The molecule has 3 atom stereocenters. The van der Waals surface area contributed by atoms with Crippen molar-refractivity contribution < 1.29 is 4.79 Å². The van der Waals surface area contributed by atoms with Crippen molar-refractivity contribution in [1.29, 1.82) is 0 Å². The molecule has 0 unspecified atom stereocenters. The van der Waals surface area contributed by atoms with Crippen LogP contribution in [0.3, 0.4) is 0 Å². The number of hydrogen-bond acceptors (Lipinski definition) is 4. The molecular formula is C16H24N4O. The molecule has 1 aromatic heterocycles. The molecule has 0 aliphatic heterocycles. The molecule has 0 radical (unpaired) electrons. The number of carbonyl (C=O) groups excluding carboxylic acids is 1. The zero-order valence-electron chi connectivity index (χ0n) is 12.9. The van der Waals surface area contributed by atoms with E-state index in [1.54, 1.807) is 20.2 Å². The number of carbonyl (C=O) groups is 1. The van der Waals surface area contributed by atoms with Gasteiger partial charge >= 0.3 is 0 Å². The number of amides is 1. The van der Waals surface area contributed by atoms with Gasteiger partial charge in [-0.1, -0.05) is 12.8 Å². The predicted molar refractivity (Wildman–Crippen MR) is 82.1 cm³/mol. The monoisotopic (exact) mass is 288 g/mol. The van der Waals surface area contributed by atoms with Crippen molar-refractivity contribution in [3.63, 3.8) is 0 Å². The first-order chi connectivity index (χ1) is 10.1. The summed E-state index contributed by atoms with van der Waals surface area (Å²) in [5.41, 5.74) is 0.391. The molecule has 2 aliphatic carbocycles. The van der Waals surface area contributed by atoms with Gasteiger partial charge in [-0.25, -0.2) is 0 Å². The summed E-state index contributed by atoms with van der Waals surface area (Å²) in [5, 5.41) is 11.5. The number of aromatic nitrogens is 2. The molecule has 5 heteroatoms. The average Bonchev–Trinajstić information content (AvgIpc) is 3.08. The standard InChI is InChI=1S/C16H24N4O/c1-20(2)16(21)14-8-9-15(19-18-14)17-10-12-7-6-11-4-3-5-13(11)12/h8-9,11-13H,3-7,10H2,1-2H3,(H,17,19)/t11-,12+,13-/m0/s1. The summed E-state index contributed by atoms with van der Waals surface area (Å²) < 4.78 is 0. The largest absolute Gasteiger partial charge is 0.368 e. The van der Waals surface area contributed by atoms with E-state index in [1.165, 1.54) is 37.0 Å². The van der Waals surface area contributed by atoms with Crippen molar-refractivity contribution in [3.8, 4) is 0 Å². The third-order valence-electron chi connectivity index (χ3n) is 5.07. The minimum absolute atomic E-state index is 0.112. The lowest BCUT2D eigenvalue weighted by atomic mass is 9.92. The van der Waals surface area contributed by atoms with Gasteiger partial charge in [-0.15, -0.1) is 10.2 Å². The topological polar surface area (TPSA) is 58.1 Å². The smallest absolute Gasteiger partial charge is 0.273 e. The molecule has 114 valence electrons. The Kier molecular flexibility index (Phi) is 4.08. The Hall–Kier alpha value is -1.65. The molecule has 2 fully saturated rings. The van der Waals surface area contributed by atoms with Gasteiger partial charge < -0.3 is 10.2 Å². The summed E-state index contributed by atoms with van der Waals surface area (Å²) in [5.74, 6) is 3.33. The number of hydrogen-bond donors (Lipinski definition) is 1. The number of anilines is 1. The lowest BCUT2D eigenvalue weighted by Crippen LogP contribution is -2.23. The lowest BCUT2D eigenvalue weighted by Gasteiger charge is -2.19. The molecule has 2 saturated carbocycles. The van der Waals surface area contributed by atoms with Crippen LogP contribution in [0.5, 0.6) is 0 Å². The van der Waals surface area contributed by atoms with Gasteiger partial charge in [0.1, 0.15) is 5.82 Å². The van der Waals surface area contributed by atoms with Gasteiger partial charge in [0.2, 0.25) is 0 Å². The van der Waals surface area contributed by atoms with Crippen LogP contribution in [0, 0.1) is 17.8 Å². The van der Waals surface area contributed by atoms with Crippen molar-refractivity contribution in [2.75, 3.05) is 26.0 Å². The third kappa shape index (κ3) is 3.01. The van der Waals surface area contributed by atoms with Crippen LogP contribution in [0.25, 0.3) is 0 Å². The predicted octanol–water partition coefficient (Wildman–Crippen LogP) is 2.42. The second kappa shape index (κ2) is 6.00. The molecule has 2 aliphatic rings. The minimum atomic E-state index is -0.112. The highest BCUT2D eigenvalue weighted by Crippen LogP contribution is 2.47. The summed E-state index contributed by atoms with van der Waals surface area (Å²) in [6.07, 6.45) is 6.99. The van der Waals surface area contributed by atoms with Gasteiger partial charge in [-0.05, 0) is 49.1 Å². The normalized spacial score (nSPS) is 27.4. The molecular weight excluding hydrogens is 264 g/mol. The van der Waals surface area contributed by atoms with Crippen molar-refractivity contribution >= 4 is 11.7 Å². The van der Waals surface area contributed by atoms with Crippen LogP contribution in [0.2, 0.25) is 0 Å². The van der Waals surface area contributed by atoms with Gasteiger partial charge in [-0.2, -0.15) is 0 Å². The van der Waals surface area contributed by atoms with E-state index in [4.69, 9.17) is 0 Å². The van der Waals surface area contributed by atoms with Crippen LogP contribution < -0.4 is 5.32 Å². The first-order valence-electron chi connectivity index (χ1n) is 7.94. The van der Waals surface area contributed by atoms with Crippen LogP contribution in [0.15, 0.2) is 12.1 Å². The Morgan fingerprint density at radius 1 is 1.24 bits per heavy atom. The van der Waals surface area contributed by atoms with E-state index in [-0.39, 0.29) is 5.91 Å². The molecule has 1 amide bonds. The van der Waals surface area contributed by atoms with Crippen molar-refractivity contribution in [1.82, 2.24) is 15.1 Å². The molecule has 0 aromatic carbocycles. The van der Waals surface area contributed by atoms with E-state index in [0.29, 0.717) is 5.69 Å². The van der Waals surface area contributed by atoms with Crippen molar-refractivity contribution in [3.05, 3.63) is 17.8 Å². The summed E-state index contributed by atoms with van der Waals surface area (Å²) in [7, 11) is 3.43. The summed E-state index contributed by atoms with van der Waals surface area (Å²) in [6.45, 7) is 0.983. The first-order valence-corrected chi connectivity index (χ1v) is 7.94. The maximum Gasteiger partial charge on any atom is 0.273 e. The van der Waals surface area contributed by atoms with E-state index >= 15 is 0 Å². The highest BCUT2D eigenvalue weighted by molar-refractivity contribution is 5.91. The molecule has 5 nitrogen and oxygen atoms in total. The molecule has 0 bridgehead atoms. The average molecular weight is 288 g/mol. The molecule has 0 saturated heterocycles. The Balaban J connectivity index is 1.55. The lowest BCUT2D eigenvalue weighted by molar-refractivity contribution is 0.0821. The third-order valence-corrected chi connectivity index (χ3v) is 5.07. The van der Waals surface area contributed by atoms with E-state index in [0.717, 1.165) is 30.1 Å². The van der Waals surface area contributed by atoms with Crippen LogP contribution >= 0.6 is 0 Å². The Morgan fingerprint density at radius 2 is 2.10 bits per heavy atom. The number of fused-ring (bicyclic) bond motifs is 1. The van der Waals surface area contributed by atoms with Gasteiger partial charge in [0.15, 0.2) is 5.69 Å². The summed E-state index contributed by atoms with van der Waals surface area (Å²) >= 11 is 0. The van der Waals surface area contributed by atoms with Crippen molar-refractivity contribution in [2.24, 2.45) is 17.8 Å². The van der Waals surface area contributed by atoms with Gasteiger partial charge in [0.05, 0.1) is 0 Å². The van der Waals surface area contributed by atoms with Crippen LogP contribution in [0.4, 0.5) is 5.82 Å². The first kappa shape index (κ1) is 14.3. The molecule has 3 rings (SSSR count). The van der Waals surface area contributed by atoms with Gasteiger partial charge in [-0.3, -0.25) is 4.79 Å². The minimum Gasteiger partial charge on any atom is -0.368 e. The number of rotatable bonds is 4. The summed E-state index contributed by atoms with van der Waals surface area (Å²) in [4.78, 5) is 13.3. The van der Waals surface area contributed by atoms with Gasteiger partial charge in [0.25, 0.3) is 5.91 Å². The van der Waals surface area contributed by atoms with Gasteiger partial charge in [0, 0.05) is 20.6 Å². The summed E-state index contributed by atoms with van der Waals surface area (Å²) in [6, 6.07) is 3.59. The van der Waals surface area contributed by atoms with E-state index in [2.05, 4.69) is 15.5 Å². The zero-order chi connectivity index (χ0) is 14.8. The maximum atomic E-state index is 11.8. The second-order valence-corrected chi connectivity index (χ2v) is 6.58. The van der Waals surface area contributed by atoms with Crippen molar-refractivity contribution in [2.45, 2.75) is 32.1 Å². The number of nitrogens with zero attached hydrogens (tertiary/aromatic N) is 3. The number of nitrogens with one attached hydrogen (secondary N) is 1. The highest BCUT2D eigenvalue weighted by atomic mass is 16.2. The fourth-order valence-electron chi connectivity index (χ4n) is 3.95. The Morgan fingerprint density at radius 3 is 2.81 bits per heavy atom. The quantitative estimate of drug-likeness (QED) is 0.924. The molecule has 1 heterocycles. The Labute approximate surface area is 126 Å². The fourth-order valence-corrected chi connectivity index (χ4v) is 3.95. The molecule has 1 aromatic rings. The maximum absolute atomic E-state index is 11.8. The van der Waals surface area contributed by atoms with E-state index in [1.807, 2.05) is 6.07 Å². The van der Waals surface area contributed by atoms with E-state index < -0.39 is 0 Å². The highest BCUT2D eigenvalue weighted by Gasteiger charge is 2.38. The van der Waals surface area contributed by atoms with Crippen LogP contribution in [-0.2, 0) is 0 Å². The zero-order valence-corrected chi connectivity index (χ0v) is 12.9. The SMILES string of the molecule is CN(C)C(=O)c1ccc(NC[C@H]2CC[C@@H]3CCC[C@@H]32)nn1. The molecule has 21 heavy (non-hydrogen) atoms. The fraction of sp³-hybridized carbons (Fsp3) is 0.688. The van der Waals surface area contributed by atoms with E-state index in [9.17, 15) is 4.79 Å². The second-order valence-electron chi connectivity index (χ2n) is 6.58. The molecule has 0 spiro atoms. The van der Waals surface area contributed by atoms with Crippen LogP contribution in [-0.4, -0.2) is 41.6 Å².